The minimum absolute atomic E-state index is 0.339. The number of ether oxygens (including phenoxy) is 1. The standard InChI is InChI=1S/C24H24N6O4/c1-4-34-11-5-10-30-18-13-20-19(28(2)22(32)23(33)29(20)3)12-17(18)26-24(30)27-21(31)16-8-6-15(14-25)7-9-16/h6-9,12-13H,4-5,10-11H2,1-3H3,(H,26,27,31). The summed E-state index contributed by atoms with van der Waals surface area (Å²) >= 11 is 0. The lowest BCUT2D eigenvalue weighted by atomic mass is 10.1. The highest BCUT2D eigenvalue weighted by atomic mass is 16.5. The molecule has 1 amide bonds. The molecule has 4 aromatic rings. The number of imidazole rings is 1. The number of fused-ring (bicyclic) bond motifs is 2. The number of hydrogen-bond acceptors (Lipinski definition) is 6. The van der Waals surface area contributed by atoms with E-state index in [0.717, 1.165) is 0 Å². The molecule has 174 valence electrons. The summed E-state index contributed by atoms with van der Waals surface area (Å²) in [6, 6.07) is 11.9. The van der Waals surface area contributed by atoms with Crippen LogP contribution in [0, 0.1) is 11.3 Å². The molecule has 4 rings (SSSR count). The normalized spacial score (nSPS) is 11.1. The highest BCUT2D eigenvalue weighted by Crippen LogP contribution is 2.25. The fourth-order valence-corrected chi connectivity index (χ4v) is 3.85. The zero-order valence-electron chi connectivity index (χ0n) is 19.2. The summed E-state index contributed by atoms with van der Waals surface area (Å²) in [5.74, 6) is -0.0265. The first-order chi connectivity index (χ1) is 16.3. The second-order valence-corrected chi connectivity index (χ2v) is 7.84. The average molecular weight is 460 g/mol. The smallest absolute Gasteiger partial charge is 0.316 e. The Morgan fingerprint density at radius 2 is 1.71 bits per heavy atom. The van der Waals surface area contributed by atoms with E-state index in [4.69, 9.17) is 10.00 Å². The zero-order chi connectivity index (χ0) is 24.4. The van der Waals surface area contributed by atoms with Crippen LogP contribution in [0.4, 0.5) is 5.95 Å². The lowest BCUT2D eigenvalue weighted by Crippen LogP contribution is -2.39. The van der Waals surface area contributed by atoms with Crippen LogP contribution >= 0.6 is 0 Å². The molecule has 2 heterocycles. The Kier molecular flexibility index (Phi) is 6.30. The number of nitriles is 1. The molecule has 0 aliphatic heterocycles. The Hall–Kier alpha value is -4.23. The van der Waals surface area contributed by atoms with Crippen molar-refractivity contribution >= 4 is 33.9 Å². The van der Waals surface area contributed by atoms with Crippen molar-refractivity contribution < 1.29 is 9.53 Å². The first-order valence-corrected chi connectivity index (χ1v) is 10.8. The minimum atomic E-state index is -0.625. The fourth-order valence-electron chi connectivity index (χ4n) is 3.85. The van der Waals surface area contributed by atoms with Gasteiger partial charge in [-0.15, -0.1) is 0 Å². The Labute approximate surface area is 194 Å². The molecule has 0 aliphatic carbocycles. The van der Waals surface area contributed by atoms with E-state index < -0.39 is 11.1 Å². The SMILES string of the molecule is CCOCCCn1c(NC(=O)c2ccc(C#N)cc2)nc2cc3c(cc21)n(C)c(=O)c(=O)n3C. The Morgan fingerprint density at radius 3 is 2.32 bits per heavy atom. The first kappa shape index (κ1) is 22.9. The van der Waals surface area contributed by atoms with E-state index in [9.17, 15) is 14.4 Å². The van der Waals surface area contributed by atoms with Crippen LogP contribution in [0.1, 0.15) is 29.3 Å². The van der Waals surface area contributed by atoms with Crippen molar-refractivity contribution in [2.24, 2.45) is 14.1 Å². The molecule has 0 saturated heterocycles. The van der Waals surface area contributed by atoms with Crippen LogP contribution < -0.4 is 16.4 Å². The molecule has 0 fully saturated rings. The predicted octanol–water partition coefficient (Wildman–Crippen LogP) is 2.14. The third-order valence-corrected chi connectivity index (χ3v) is 5.74. The number of carbonyl (C=O) groups is 1. The molecule has 0 aliphatic rings. The summed E-state index contributed by atoms with van der Waals surface area (Å²) in [7, 11) is 3.10. The molecule has 1 N–H and O–H groups in total. The van der Waals surface area contributed by atoms with E-state index >= 15 is 0 Å². The van der Waals surface area contributed by atoms with Crippen molar-refractivity contribution in [1.29, 1.82) is 5.26 Å². The number of nitrogens with one attached hydrogen (secondary N) is 1. The van der Waals surface area contributed by atoms with Crippen LogP contribution in [0.2, 0.25) is 0 Å². The van der Waals surface area contributed by atoms with E-state index in [0.29, 0.717) is 65.3 Å². The zero-order valence-corrected chi connectivity index (χ0v) is 19.2. The predicted molar refractivity (Wildman–Crippen MR) is 128 cm³/mol. The number of hydrogen-bond donors (Lipinski definition) is 1. The van der Waals surface area contributed by atoms with Gasteiger partial charge in [0.1, 0.15) is 0 Å². The van der Waals surface area contributed by atoms with Crippen LogP contribution in [0.15, 0.2) is 46.0 Å². The number of amides is 1. The maximum atomic E-state index is 12.9. The van der Waals surface area contributed by atoms with E-state index in [1.165, 1.54) is 9.13 Å². The molecular formula is C24H24N6O4. The first-order valence-electron chi connectivity index (χ1n) is 10.8. The fraction of sp³-hybridized carbons (Fsp3) is 0.292. The summed E-state index contributed by atoms with van der Waals surface area (Å²) in [6.45, 7) is 3.59. The van der Waals surface area contributed by atoms with Crippen molar-refractivity contribution in [2.45, 2.75) is 19.9 Å². The van der Waals surface area contributed by atoms with E-state index in [1.807, 2.05) is 17.6 Å². The number of aryl methyl sites for hydroxylation is 3. The second kappa shape index (κ2) is 9.33. The molecule has 0 unspecified atom stereocenters. The highest BCUT2D eigenvalue weighted by Gasteiger charge is 2.18. The quantitative estimate of drug-likeness (QED) is 0.333. The number of nitrogens with zero attached hydrogens (tertiary/aromatic N) is 5. The molecule has 10 heteroatoms. The number of benzene rings is 2. The van der Waals surface area contributed by atoms with Gasteiger partial charge < -0.3 is 18.4 Å². The van der Waals surface area contributed by atoms with Crippen LogP contribution in [0.25, 0.3) is 22.1 Å². The second-order valence-electron chi connectivity index (χ2n) is 7.84. The maximum Gasteiger partial charge on any atom is 0.316 e. The third-order valence-electron chi connectivity index (χ3n) is 5.74. The topological polar surface area (TPSA) is 124 Å². The molecule has 0 saturated carbocycles. The minimum Gasteiger partial charge on any atom is -0.382 e. The third kappa shape index (κ3) is 4.09. The van der Waals surface area contributed by atoms with Crippen LogP contribution in [-0.4, -0.2) is 37.8 Å². The van der Waals surface area contributed by atoms with Gasteiger partial charge in [0.2, 0.25) is 5.95 Å². The lowest BCUT2D eigenvalue weighted by Gasteiger charge is -2.12. The van der Waals surface area contributed by atoms with Gasteiger partial charge in [-0.2, -0.15) is 5.26 Å². The van der Waals surface area contributed by atoms with Crippen molar-refractivity contribution in [3.8, 4) is 6.07 Å². The monoisotopic (exact) mass is 460 g/mol. The van der Waals surface area contributed by atoms with Crippen LogP contribution in [0.3, 0.4) is 0 Å². The van der Waals surface area contributed by atoms with E-state index in [-0.39, 0.29) is 5.91 Å². The summed E-state index contributed by atoms with van der Waals surface area (Å²) < 4.78 is 9.95. The number of anilines is 1. The van der Waals surface area contributed by atoms with E-state index in [2.05, 4.69) is 10.3 Å². The van der Waals surface area contributed by atoms with Crippen LogP contribution in [-0.2, 0) is 25.4 Å². The molecule has 2 aromatic carbocycles. The molecular weight excluding hydrogens is 436 g/mol. The van der Waals surface area contributed by atoms with Gasteiger partial charge in [-0.3, -0.25) is 19.7 Å². The Bertz CT molecular complexity index is 1550. The van der Waals surface area contributed by atoms with Gasteiger partial charge in [0.15, 0.2) is 0 Å². The average Bonchev–Trinajstić information content (AvgIpc) is 3.18. The van der Waals surface area contributed by atoms with Crippen LogP contribution in [0.5, 0.6) is 0 Å². The van der Waals surface area contributed by atoms with Crippen molar-refractivity contribution in [3.63, 3.8) is 0 Å². The summed E-state index contributed by atoms with van der Waals surface area (Å²) in [5.41, 5.74) is 2.04. The number of rotatable bonds is 7. The largest absolute Gasteiger partial charge is 0.382 e. The van der Waals surface area contributed by atoms with Crippen molar-refractivity contribution in [3.05, 3.63) is 68.2 Å². The van der Waals surface area contributed by atoms with E-state index in [1.54, 1.807) is 50.5 Å². The molecule has 0 spiro atoms. The molecule has 34 heavy (non-hydrogen) atoms. The van der Waals surface area contributed by atoms with Gasteiger partial charge in [-0.25, -0.2) is 4.98 Å². The summed E-state index contributed by atoms with van der Waals surface area (Å²) in [6.07, 6.45) is 0.684. The highest BCUT2D eigenvalue weighted by molar-refractivity contribution is 6.04. The maximum absolute atomic E-state index is 12.9. The van der Waals surface area contributed by atoms with Crippen molar-refractivity contribution in [1.82, 2.24) is 18.7 Å². The van der Waals surface area contributed by atoms with Gasteiger partial charge >= 0.3 is 11.1 Å². The molecule has 10 nitrogen and oxygen atoms in total. The molecule has 0 bridgehead atoms. The molecule has 0 atom stereocenters. The number of aromatic nitrogens is 4. The van der Waals surface area contributed by atoms with Crippen molar-refractivity contribution in [2.75, 3.05) is 18.5 Å². The Morgan fingerprint density at radius 1 is 1.06 bits per heavy atom. The van der Waals surface area contributed by atoms with Gasteiger partial charge in [0, 0.05) is 39.4 Å². The molecule has 2 aromatic heterocycles. The molecule has 0 radical (unpaired) electrons. The van der Waals surface area contributed by atoms with Gasteiger partial charge in [-0.1, -0.05) is 0 Å². The lowest BCUT2D eigenvalue weighted by molar-refractivity contribution is 0.102. The Balaban J connectivity index is 1.82. The van der Waals surface area contributed by atoms with Gasteiger partial charge in [-0.05, 0) is 49.7 Å². The summed E-state index contributed by atoms with van der Waals surface area (Å²) in [5, 5.41) is 11.8. The number of carbonyl (C=O) groups excluding carboxylic acids is 1. The summed E-state index contributed by atoms with van der Waals surface area (Å²) in [4.78, 5) is 42.1. The van der Waals surface area contributed by atoms with Gasteiger partial charge in [0.25, 0.3) is 5.91 Å². The van der Waals surface area contributed by atoms with Gasteiger partial charge in [0.05, 0.1) is 33.7 Å².